The fourth-order valence-electron chi connectivity index (χ4n) is 4.03. The van der Waals surface area contributed by atoms with Crippen LogP contribution in [0.25, 0.3) is 0 Å². The summed E-state index contributed by atoms with van der Waals surface area (Å²) in [6, 6.07) is 15.3. The van der Waals surface area contributed by atoms with Crippen LogP contribution in [0.3, 0.4) is 0 Å². The van der Waals surface area contributed by atoms with E-state index in [-0.39, 0.29) is 31.2 Å². The molecule has 0 atom stereocenters. The first-order valence-electron chi connectivity index (χ1n) is 12.1. The Morgan fingerprint density at radius 1 is 0.972 bits per heavy atom. The number of aryl methyl sites for hydroxylation is 2. The van der Waals surface area contributed by atoms with E-state index >= 15 is 0 Å². The summed E-state index contributed by atoms with van der Waals surface area (Å²) in [7, 11) is 0. The molecular weight excluding hydrogens is 474 g/mol. The number of nitrogens with zero attached hydrogens (tertiary/aromatic N) is 2. The largest absolute Gasteiger partial charge is 0.454 e. The maximum Gasteiger partial charge on any atom is 0.322 e. The molecule has 1 aliphatic rings. The summed E-state index contributed by atoms with van der Waals surface area (Å²) in [6.07, 6.45) is 0. The molecular formula is C28H33N3O4S. The lowest BCUT2D eigenvalue weighted by molar-refractivity contribution is -0.133. The molecule has 1 aliphatic heterocycles. The number of fused-ring (bicyclic) bond motifs is 1. The first kappa shape index (κ1) is 25.6. The molecule has 0 bridgehead atoms. The van der Waals surface area contributed by atoms with Crippen LogP contribution in [0.1, 0.15) is 35.4 Å². The number of urea groups is 1. The molecule has 0 fully saturated rings. The van der Waals surface area contributed by atoms with Crippen molar-refractivity contribution in [2.75, 3.05) is 25.2 Å². The summed E-state index contributed by atoms with van der Waals surface area (Å²) in [4.78, 5) is 31.3. The Hall–Kier alpha value is -3.52. The van der Waals surface area contributed by atoms with Gasteiger partial charge in [0, 0.05) is 23.7 Å². The van der Waals surface area contributed by atoms with Crippen LogP contribution in [-0.4, -0.2) is 41.6 Å². The average molecular weight is 508 g/mol. The van der Waals surface area contributed by atoms with Gasteiger partial charge in [0.1, 0.15) is 6.54 Å². The second kappa shape index (κ2) is 11.5. The second-order valence-electron chi connectivity index (χ2n) is 9.52. The third-order valence-electron chi connectivity index (χ3n) is 6.05. The molecule has 0 saturated heterocycles. The Kier molecular flexibility index (Phi) is 8.15. The predicted molar refractivity (Wildman–Crippen MR) is 142 cm³/mol. The SMILES string of the molecule is Cc1ccc(NC(=O)N(CC(=O)N(Cc2ccc3c(c2)OCO3)Cc2cccs2)CC(C)C)cc1C. The van der Waals surface area contributed by atoms with Crippen LogP contribution in [0.15, 0.2) is 53.9 Å². The predicted octanol–water partition coefficient (Wildman–Crippen LogP) is 5.81. The molecule has 0 spiro atoms. The van der Waals surface area contributed by atoms with E-state index in [1.807, 2.05) is 81.6 Å². The molecule has 3 amide bonds. The van der Waals surface area contributed by atoms with Crippen molar-refractivity contribution in [2.24, 2.45) is 5.92 Å². The van der Waals surface area contributed by atoms with E-state index in [4.69, 9.17) is 9.47 Å². The molecule has 190 valence electrons. The number of rotatable bonds is 9. The Morgan fingerprint density at radius 3 is 2.50 bits per heavy atom. The van der Waals surface area contributed by atoms with Gasteiger partial charge in [-0.15, -0.1) is 11.3 Å². The highest BCUT2D eigenvalue weighted by Crippen LogP contribution is 2.33. The molecule has 0 saturated carbocycles. The van der Waals surface area contributed by atoms with E-state index in [2.05, 4.69) is 5.32 Å². The Balaban J connectivity index is 1.50. The van der Waals surface area contributed by atoms with E-state index in [0.29, 0.717) is 31.1 Å². The lowest BCUT2D eigenvalue weighted by Crippen LogP contribution is -2.45. The molecule has 2 aromatic carbocycles. The van der Waals surface area contributed by atoms with Gasteiger partial charge in [-0.1, -0.05) is 32.0 Å². The number of benzene rings is 2. The van der Waals surface area contributed by atoms with Crippen LogP contribution in [0, 0.1) is 19.8 Å². The van der Waals surface area contributed by atoms with Crippen LogP contribution >= 0.6 is 11.3 Å². The summed E-state index contributed by atoms with van der Waals surface area (Å²) in [5, 5.41) is 4.97. The number of ether oxygens (including phenoxy) is 2. The lowest BCUT2D eigenvalue weighted by Gasteiger charge is -2.29. The van der Waals surface area contributed by atoms with Gasteiger partial charge in [0.05, 0.1) is 6.54 Å². The highest BCUT2D eigenvalue weighted by atomic mass is 32.1. The number of carbonyl (C=O) groups excluding carboxylic acids is 2. The van der Waals surface area contributed by atoms with Crippen molar-refractivity contribution < 1.29 is 19.1 Å². The van der Waals surface area contributed by atoms with Crippen LogP contribution in [0.2, 0.25) is 0 Å². The van der Waals surface area contributed by atoms with Gasteiger partial charge in [-0.25, -0.2) is 4.79 Å². The quantitative estimate of drug-likeness (QED) is 0.397. The molecule has 7 nitrogen and oxygen atoms in total. The summed E-state index contributed by atoms with van der Waals surface area (Å²) in [5.41, 5.74) is 3.93. The van der Waals surface area contributed by atoms with Crippen molar-refractivity contribution in [1.29, 1.82) is 0 Å². The van der Waals surface area contributed by atoms with Gasteiger partial charge >= 0.3 is 6.03 Å². The molecule has 1 N–H and O–H groups in total. The van der Waals surface area contributed by atoms with Gasteiger partial charge in [-0.05, 0) is 72.2 Å². The highest BCUT2D eigenvalue weighted by Gasteiger charge is 2.24. The topological polar surface area (TPSA) is 71.1 Å². The summed E-state index contributed by atoms with van der Waals surface area (Å²) in [5.74, 6) is 1.49. The van der Waals surface area contributed by atoms with Gasteiger partial charge in [0.15, 0.2) is 11.5 Å². The maximum absolute atomic E-state index is 13.6. The molecule has 8 heteroatoms. The fraction of sp³-hybridized carbons (Fsp3) is 0.357. The zero-order chi connectivity index (χ0) is 25.7. The van der Waals surface area contributed by atoms with E-state index in [9.17, 15) is 9.59 Å². The smallest absolute Gasteiger partial charge is 0.322 e. The van der Waals surface area contributed by atoms with E-state index in [1.165, 1.54) is 0 Å². The molecule has 0 unspecified atom stereocenters. The normalized spacial score (nSPS) is 12.0. The Morgan fingerprint density at radius 2 is 1.78 bits per heavy atom. The van der Waals surface area contributed by atoms with Crippen LogP contribution in [0.5, 0.6) is 11.5 Å². The first-order chi connectivity index (χ1) is 17.3. The third kappa shape index (κ3) is 6.57. The molecule has 0 aliphatic carbocycles. The van der Waals surface area contributed by atoms with Gasteiger partial charge in [0.25, 0.3) is 0 Å². The third-order valence-corrected chi connectivity index (χ3v) is 6.91. The van der Waals surface area contributed by atoms with Crippen LogP contribution < -0.4 is 14.8 Å². The monoisotopic (exact) mass is 507 g/mol. The van der Waals surface area contributed by atoms with Crippen LogP contribution in [0.4, 0.5) is 10.5 Å². The summed E-state index contributed by atoms with van der Waals surface area (Å²) >= 11 is 1.61. The van der Waals surface area contributed by atoms with Crippen molar-refractivity contribution in [3.8, 4) is 11.5 Å². The Bertz CT molecular complexity index is 1210. The molecule has 3 aromatic rings. The minimum absolute atomic E-state index is 0.00914. The zero-order valence-electron chi connectivity index (χ0n) is 21.2. The van der Waals surface area contributed by atoms with Crippen molar-refractivity contribution in [3.63, 3.8) is 0 Å². The zero-order valence-corrected chi connectivity index (χ0v) is 22.1. The Labute approximate surface area is 216 Å². The van der Waals surface area contributed by atoms with Gasteiger partial charge < -0.3 is 24.6 Å². The van der Waals surface area contributed by atoms with E-state index in [1.54, 1.807) is 21.1 Å². The van der Waals surface area contributed by atoms with Gasteiger partial charge in [-0.3, -0.25) is 4.79 Å². The molecule has 4 rings (SSSR count). The number of nitrogens with one attached hydrogen (secondary N) is 1. The van der Waals surface area contributed by atoms with E-state index < -0.39 is 0 Å². The highest BCUT2D eigenvalue weighted by molar-refractivity contribution is 7.09. The van der Waals surface area contributed by atoms with Gasteiger partial charge in [0.2, 0.25) is 12.7 Å². The van der Waals surface area contributed by atoms with Crippen molar-refractivity contribution in [1.82, 2.24) is 9.80 Å². The van der Waals surface area contributed by atoms with Gasteiger partial charge in [-0.2, -0.15) is 0 Å². The lowest BCUT2D eigenvalue weighted by atomic mass is 10.1. The summed E-state index contributed by atoms with van der Waals surface area (Å²) < 4.78 is 10.9. The second-order valence-corrected chi connectivity index (χ2v) is 10.6. The average Bonchev–Trinajstić information content (AvgIpc) is 3.52. The maximum atomic E-state index is 13.6. The minimum Gasteiger partial charge on any atom is -0.454 e. The molecule has 36 heavy (non-hydrogen) atoms. The number of thiophene rings is 1. The fourth-order valence-corrected chi connectivity index (χ4v) is 4.75. The molecule has 0 radical (unpaired) electrons. The number of amides is 3. The number of hydrogen-bond acceptors (Lipinski definition) is 5. The number of anilines is 1. The summed E-state index contributed by atoms with van der Waals surface area (Å²) in [6.45, 7) is 9.67. The number of hydrogen-bond donors (Lipinski definition) is 1. The first-order valence-corrected chi connectivity index (χ1v) is 13.0. The molecule has 1 aromatic heterocycles. The van der Waals surface area contributed by atoms with Crippen molar-refractivity contribution >= 4 is 29.0 Å². The standard InChI is InChI=1S/C28H33N3O4S/c1-19(2)14-31(28(33)29-23-9-7-20(3)21(4)12-23)17-27(32)30(16-24-6-5-11-36-24)15-22-8-10-25-26(13-22)35-18-34-25/h5-13,19H,14-18H2,1-4H3,(H,29,33). The minimum atomic E-state index is -0.278. The van der Waals surface area contributed by atoms with E-state index in [0.717, 1.165) is 27.3 Å². The van der Waals surface area contributed by atoms with Crippen molar-refractivity contribution in [3.05, 3.63) is 75.5 Å². The number of carbonyl (C=O) groups is 2. The van der Waals surface area contributed by atoms with Crippen molar-refractivity contribution in [2.45, 2.75) is 40.8 Å². The molecule has 2 heterocycles. The van der Waals surface area contributed by atoms with Crippen LogP contribution in [-0.2, 0) is 17.9 Å².